The second-order valence-electron chi connectivity index (χ2n) is 8.74. The molecule has 4 heteroatoms. The highest BCUT2D eigenvalue weighted by Gasteiger charge is 2.78. The number of ketones is 1. The van der Waals surface area contributed by atoms with Crippen molar-refractivity contribution in [3.8, 4) is 0 Å². The first kappa shape index (κ1) is 14.0. The third kappa shape index (κ3) is 1.18. The summed E-state index contributed by atoms with van der Waals surface area (Å²) in [5, 5.41) is 11.0. The van der Waals surface area contributed by atoms with E-state index in [0.717, 1.165) is 19.3 Å². The van der Waals surface area contributed by atoms with Crippen molar-refractivity contribution in [1.29, 1.82) is 0 Å². The normalized spacial score (nSPS) is 55.8. The molecular formula is C20H25N2O2+. The van der Waals surface area contributed by atoms with Gasteiger partial charge in [-0.2, -0.15) is 0 Å². The number of fused-ring (bicyclic) bond motifs is 2. The van der Waals surface area contributed by atoms with Crippen molar-refractivity contribution in [2.24, 2.45) is 17.8 Å². The zero-order chi connectivity index (χ0) is 16.4. The SMILES string of the molecule is CC[C@H]1[C@@H]2C[C@H]3C4[NH+](C)c5ccccc5[C@]45C[C@@H]([C@@H]2C5=O)N3[C@H]1O. The van der Waals surface area contributed by atoms with Crippen LogP contribution in [-0.4, -0.2) is 47.2 Å². The summed E-state index contributed by atoms with van der Waals surface area (Å²) in [6.07, 6.45) is 2.65. The third-order valence-corrected chi connectivity index (χ3v) is 8.35. The molecular weight excluding hydrogens is 300 g/mol. The van der Waals surface area contributed by atoms with E-state index >= 15 is 0 Å². The summed E-state index contributed by atoms with van der Waals surface area (Å²) in [4.78, 5) is 17.6. The van der Waals surface area contributed by atoms with E-state index in [2.05, 4.69) is 43.1 Å². The lowest BCUT2D eigenvalue weighted by Gasteiger charge is -2.60. The quantitative estimate of drug-likeness (QED) is 0.789. The first-order chi connectivity index (χ1) is 11.6. The highest BCUT2D eigenvalue weighted by molar-refractivity contribution is 5.99. The number of benzene rings is 1. The number of piperidine rings is 4. The number of rotatable bonds is 1. The molecule has 24 heavy (non-hydrogen) atoms. The van der Waals surface area contributed by atoms with Crippen LogP contribution in [0.2, 0.25) is 0 Å². The van der Waals surface area contributed by atoms with E-state index in [4.69, 9.17) is 0 Å². The molecule has 2 N–H and O–H groups in total. The maximum atomic E-state index is 13.8. The standard InChI is InChI=1S/C20H24N2O2/c1-3-10-11-8-14-17-20(12-6-4-5-7-13(12)21(17)2)9-15(16(11)18(20)23)22(14)19(10)24/h4-7,10-11,14-17,19,24H,3,8-9H2,1-2H3/p+1/t10-,11-,14-,15-,16+,17?,19-,20+/m0/s1. The number of para-hydroxylation sites is 1. The molecule has 0 aromatic heterocycles. The Labute approximate surface area is 142 Å². The number of likely N-dealkylation sites (N-methyl/N-ethyl adjacent to an activating group) is 1. The van der Waals surface area contributed by atoms with Gasteiger partial charge >= 0.3 is 0 Å². The van der Waals surface area contributed by atoms with Crippen LogP contribution in [0.25, 0.3) is 0 Å². The van der Waals surface area contributed by atoms with E-state index in [1.165, 1.54) is 16.2 Å². The van der Waals surface area contributed by atoms with Crippen LogP contribution in [0.15, 0.2) is 24.3 Å². The number of hydrogen-bond acceptors (Lipinski definition) is 3. The summed E-state index contributed by atoms with van der Waals surface area (Å²) in [6, 6.07) is 9.50. The Bertz CT molecular complexity index is 764. The molecule has 0 amide bonds. The minimum Gasteiger partial charge on any atom is -0.378 e. The van der Waals surface area contributed by atoms with E-state index in [1.807, 2.05) is 0 Å². The number of Topliss-reactive ketones (excluding diaryl/α,β-unsaturated/α-hetero) is 1. The molecule has 5 fully saturated rings. The second kappa shape index (κ2) is 4.12. The summed E-state index contributed by atoms with van der Waals surface area (Å²) < 4.78 is 0. The van der Waals surface area contributed by atoms with E-state index in [0.29, 0.717) is 17.7 Å². The lowest BCUT2D eigenvalue weighted by Crippen LogP contribution is -3.11. The molecule has 1 saturated carbocycles. The van der Waals surface area contributed by atoms with Crippen molar-refractivity contribution in [3.63, 3.8) is 0 Å². The largest absolute Gasteiger partial charge is 0.378 e. The Balaban J connectivity index is 1.61. The zero-order valence-corrected chi connectivity index (χ0v) is 14.3. The smallest absolute Gasteiger partial charge is 0.154 e. The van der Waals surface area contributed by atoms with Crippen LogP contribution < -0.4 is 4.90 Å². The van der Waals surface area contributed by atoms with E-state index in [9.17, 15) is 9.90 Å². The minimum absolute atomic E-state index is 0.151. The maximum absolute atomic E-state index is 13.8. The molecule has 5 bridgehead atoms. The number of aliphatic hydroxyl groups excluding tert-OH is 1. The molecule has 10 atom stereocenters. The molecule has 1 aromatic carbocycles. The van der Waals surface area contributed by atoms with Gasteiger partial charge in [-0.3, -0.25) is 14.6 Å². The molecule has 5 aliphatic heterocycles. The van der Waals surface area contributed by atoms with Gasteiger partial charge in [0.1, 0.15) is 23.4 Å². The van der Waals surface area contributed by atoms with Gasteiger partial charge in [-0.25, -0.2) is 0 Å². The van der Waals surface area contributed by atoms with Crippen LogP contribution in [0.5, 0.6) is 0 Å². The van der Waals surface area contributed by atoms with Gasteiger partial charge in [0.2, 0.25) is 0 Å². The lowest BCUT2D eigenvalue weighted by molar-refractivity contribution is -0.841. The third-order valence-electron chi connectivity index (χ3n) is 8.35. The molecule has 126 valence electrons. The van der Waals surface area contributed by atoms with Gasteiger partial charge in [0.05, 0.1) is 13.1 Å². The molecule has 6 aliphatic rings. The average Bonchev–Trinajstić information content (AvgIpc) is 2.97. The highest BCUT2D eigenvalue weighted by Crippen LogP contribution is 2.64. The molecule has 4 nitrogen and oxygen atoms in total. The van der Waals surface area contributed by atoms with E-state index in [1.54, 1.807) is 0 Å². The first-order valence-corrected chi connectivity index (χ1v) is 9.54. The summed E-state index contributed by atoms with van der Waals surface area (Å²) in [7, 11) is 2.23. The van der Waals surface area contributed by atoms with Gasteiger partial charge < -0.3 is 5.11 Å². The molecule has 1 spiro atoms. The Morgan fingerprint density at radius 1 is 1.33 bits per heavy atom. The molecule has 4 saturated heterocycles. The lowest BCUT2D eigenvalue weighted by atomic mass is 9.62. The number of quaternary nitrogens is 1. The van der Waals surface area contributed by atoms with Crippen LogP contribution >= 0.6 is 0 Å². The summed E-state index contributed by atoms with van der Waals surface area (Å²) in [6.45, 7) is 2.17. The van der Waals surface area contributed by atoms with Crippen molar-refractivity contribution < 1.29 is 14.8 Å². The van der Waals surface area contributed by atoms with E-state index < -0.39 is 0 Å². The number of carbonyl (C=O) groups excluding carboxylic acids is 1. The summed E-state index contributed by atoms with van der Waals surface area (Å²) in [5.74, 6) is 1.32. The number of hydrogen-bond donors (Lipinski definition) is 2. The van der Waals surface area contributed by atoms with Crippen LogP contribution in [0.1, 0.15) is 31.7 Å². The van der Waals surface area contributed by atoms with Crippen molar-refractivity contribution in [1.82, 2.24) is 4.90 Å². The minimum atomic E-state index is -0.347. The first-order valence-electron chi connectivity index (χ1n) is 9.54. The topological polar surface area (TPSA) is 45.0 Å². The van der Waals surface area contributed by atoms with Crippen LogP contribution in [0, 0.1) is 17.8 Å². The van der Waals surface area contributed by atoms with Crippen molar-refractivity contribution in [2.45, 2.75) is 56.0 Å². The molecule has 1 aliphatic carbocycles. The Morgan fingerprint density at radius 2 is 2.12 bits per heavy atom. The summed E-state index contributed by atoms with van der Waals surface area (Å²) in [5.41, 5.74) is 2.32. The van der Waals surface area contributed by atoms with Gasteiger partial charge in [0.15, 0.2) is 5.78 Å². The summed E-state index contributed by atoms with van der Waals surface area (Å²) >= 11 is 0. The molecule has 7 rings (SSSR count). The number of carbonyl (C=O) groups is 1. The monoisotopic (exact) mass is 325 g/mol. The fraction of sp³-hybridized carbons (Fsp3) is 0.650. The second-order valence-corrected chi connectivity index (χ2v) is 8.74. The number of aliphatic hydroxyl groups is 1. The van der Waals surface area contributed by atoms with Gasteiger partial charge in [0.25, 0.3) is 0 Å². The number of nitrogens with one attached hydrogen (secondary N) is 1. The van der Waals surface area contributed by atoms with Crippen LogP contribution in [0.4, 0.5) is 5.69 Å². The van der Waals surface area contributed by atoms with Crippen LogP contribution in [0.3, 0.4) is 0 Å². The fourth-order valence-corrected chi connectivity index (χ4v) is 7.75. The van der Waals surface area contributed by atoms with Gasteiger partial charge in [-0.05, 0) is 31.2 Å². The predicted molar refractivity (Wildman–Crippen MR) is 88.9 cm³/mol. The predicted octanol–water partition coefficient (Wildman–Crippen LogP) is 0.473. The number of nitrogens with zero attached hydrogens (tertiary/aromatic N) is 1. The molecule has 3 unspecified atom stereocenters. The Kier molecular flexibility index (Phi) is 2.40. The fourth-order valence-electron chi connectivity index (χ4n) is 7.75. The van der Waals surface area contributed by atoms with Gasteiger partial charge in [-0.15, -0.1) is 0 Å². The van der Waals surface area contributed by atoms with Crippen molar-refractivity contribution in [2.75, 3.05) is 7.05 Å². The Hall–Kier alpha value is -1.23. The zero-order valence-electron chi connectivity index (χ0n) is 14.3. The Morgan fingerprint density at radius 3 is 2.92 bits per heavy atom. The molecule has 0 radical (unpaired) electrons. The highest BCUT2D eigenvalue weighted by atomic mass is 16.3. The van der Waals surface area contributed by atoms with Gasteiger partial charge in [0, 0.05) is 23.4 Å². The maximum Gasteiger partial charge on any atom is 0.154 e. The molecule has 5 heterocycles. The van der Waals surface area contributed by atoms with Crippen molar-refractivity contribution >= 4 is 11.5 Å². The van der Waals surface area contributed by atoms with Crippen LogP contribution in [-0.2, 0) is 10.2 Å². The average molecular weight is 325 g/mol. The van der Waals surface area contributed by atoms with Gasteiger partial charge in [-0.1, -0.05) is 25.1 Å². The molecule has 1 aromatic rings. The van der Waals surface area contributed by atoms with Crippen molar-refractivity contribution in [3.05, 3.63) is 29.8 Å². The van der Waals surface area contributed by atoms with E-state index in [-0.39, 0.29) is 35.6 Å².